The number of ether oxygens (including phenoxy) is 3. The van der Waals surface area contributed by atoms with Crippen molar-refractivity contribution in [2.24, 2.45) is 0 Å². The van der Waals surface area contributed by atoms with Gasteiger partial charge >= 0.3 is 5.97 Å². The van der Waals surface area contributed by atoms with Gasteiger partial charge in [0.1, 0.15) is 6.61 Å². The van der Waals surface area contributed by atoms with Crippen molar-refractivity contribution in [3.8, 4) is 0 Å². The molecule has 0 fully saturated rings. The van der Waals surface area contributed by atoms with Crippen LogP contribution in [0.4, 0.5) is 0 Å². The molecule has 0 radical (unpaired) electrons. The maximum Gasteiger partial charge on any atom is 0.340 e. The summed E-state index contributed by atoms with van der Waals surface area (Å²) in [6.07, 6.45) is 20.4. The van der Waals surface area contributed by atoms with Crippen LogP contribution in [0.25, 0.3) is 21.5 Å². The third-order valence-corrected chi connectivity index (χ3v) is 8.91. The number of rotatable bonds is 23. The quantitative estimate of drug-likeness (QED) is 0.0451. The maximum atomic E-state index is 13.5. The molecule has 0 saturated heterocycles. The SMILES string of the molecule is CCCCCCCCCCCCC/C=C/CCC(=O)N(C)[C@@H](COC)COC(=O)[C@H](OC)c1c2ccccc2cc2ccccc12. The number of carbonyl (C=O) groups is 2. The molecule has 46 heavy (non-hydrogen) atoms. The van der Waals surface area contributed by atoms with Gasteiger partial charge in [-0.05, 0) is 46.9 Å². The second kappa shape index (κ2) is 21.6. The fraction of sp³-hybridized carbons (Fsp3) is 0.550. The lowest BCUT2D eigenvalue weighted by Crippen LogP contribution is -2.43. The van der Waals surface area contributed by atoms with Gasteiger partial charge in [0.2, 0.25) is 5.91 Å². The van der Waals surface area contributed by atoms with Gasteiger partial charge in [0.15, 0.2) is 6.10 Å². The smallest absolute Gasteiger partial charge is 0.340 e. The van der Waals surface area contributed by atoms with E-state index in [1.54, 1.807) is 19.1 Å². The molecule has 0 aliphatic carbocycles. The minimum Gasteiger partial charge on any atom is -0.461 e. The summed E-state index contributed by atoms with van der Waals surface area (Å²) in [6, 6.07) is 17.7. The number of nitrogens with zero attached hydrogens (tertiary/aromatic N) is 1. The second-order valence-electron chi connectivity index (χ2n) is 12.4. The zero-order valence-corrected chi connectivity index (χ0v) is 28.8. The highest BCUT2D eigenvalue weighted by atomic mass is 16.6. The number of carbonyl (C=O) groups excluding carboxylic acids is 2. The van der Waals surface area contributed by atoms with E-state index in [9.17, 15) is 9.59 Å². The van der Waals surface area contributed by atoms with Gasteiger partial charge in [0, 0.05) is 33.3 Å². The Labute approximate surface area is 277 Å². The predicted molar refractivity (Wildman–Crippen MR) is 190 cm³/mol. The molecule has 3 rings (SSSR count). The molecular formula is C40H57NO5. The number of benzene rings is 3. The van der Waals surface area contributed by atoms with Gasteiger partial charge in [-0.3, -0.25) is 4.79 Å². The summed E-state index contributed by atoms with van der Waals surface area (Å²) >= 11 is 0. The van der Waals surface area contributed by atoms with Gasteiger partial charge in [-0.2, -0.15) is 0 Å². The molecule has 0 N–H and O–H groups in total. The van der Waals surface area contributed by atoms with E-state index >= 15 is 0 Å². The average Bonchev–Trinajstić information content (AvgIpc) is 3.07. The Morgan fingerprint density at radius 2 is 1.28 bits per heavy atom. The molecule has 252 valence electrons. The third kappa shape index (κ3) is 11.9. The van der Waals surface area contributed by atoms with Crippen LogP contribution >= 0.6 is 0 Å². The first-order chi connectivity index (χ1) is 22.5. The summed E-state index contributed by atoms with van der Waals surface area (Å²) in [7, 11) is 4.86. The first-order valence-electron chi connectivity index (χ1n) is 17.5. The van der Waals surface area contributed by atoms with Crippen molar-refractivity contribution in [1.82, 2.24) is 4.90 Å². The summed E-state index contributed by atoms with van der Waals surface area (Å²) in [5, 5.41) is 3.95. The van der Waals surface area contributed by atoms with Crippen LogP contribution in [0.2, 0.25) is 0 Å². The Morgan fingerprint density at radius 3 is 1.85 bits per heavy atom. The molecule has 0 saturated carbocycles. The van der Waals surface area contributed by atoms with Crippen molar-refractivity contribution in [2.45, 2.75) is 109 Å². The topological polar surface area (TPSA) is 65.1 Å². The highest BCUT2D eigenvalue weighted by Crippen LogP contribution is 2.35. The molecule has 6 heteroatoms. The number of methoxy groups -OCH3 is 2. The van der Waals surface area contributed by atoms with Crippen LogP contribution in [0, 0.1) is 0 Å². The lowest BCUT2D eigenvalue weighted by atomic mass is 9.93. The van der Waals surface area contributed by atoms with Crippen molar-refractivity contribution < 1.29 is 23.8 Å². The van der Waals surface area contributed by atoms with Crippen LogP contribution in [0.15, 0.2) is 66.7 Å². The van der Waals surface area contributed by atoms with E-state index in [-0.39, 0.29) is 19.1 Å². The summed E-state index contributed by atoms with van der Waals surface area (Å²) in [4.78, 5) is 28.1. The van der Waals surface area contributed by atoms with Crippen molar-refractivity contribution >= 4 is 33.4 Å². The fourth-order valence-corrected chi connectivity index (χ4v) is 6.13. The first kappa shape index (κ1) is 37.2. The minimum atomic E-state index is -0.911. The van der Waals surface area contributed by atoms with E-state index in [2.05, 4.69) is 25.1 Å². The van der Waals surface area contributed by atoms with Gasteiger partial charge in [-0.1, -0.05) is 132 Å². The Balaban J connectivity index is 1.43. The van der Waals surface area contributed by atoms with E-state index in [0.29, 0.717) is 12.8 Å². The van der Waals surface area contributed by atoms with E-state index in [0.717, 1.165) is 33.5 Å². The van der Waals surface area contributed by atoms with Crippen LogP contribution in [-0.4, -0.2) is 57.3 Å². The lowest BCUT2D eigenvalue weighted by Gasteiger charge is -2.28. The third-order valence-electron chi connectivity index (χ3n) is 8.91. The number of hydrogen-bond donors (Lipinski definition) is 0. The second-order valence-corrected chi connectivity index (χ2v) is 12.4. The molecule has 0 heterocycles. The number of likely N-dealkylation sites (N-methyl/N-ethyl adjacent to an activating group) is 1. The highest BCUT2D eigenvalue weighted by Gasteiger charge is 2.28. The van der Waals surface area contributed by atoms with Crippen LogP contribution < -0.4 is 0 Å². The van der Waals surface area contributed by atoms with Crippen LogP contribution in [-0.2, 0) is 23.8 Å². The number of hydrogen-bond acceptors (Lipinski definition) is 5. The predicted octanol–water partition coefficient (Wildman–Crippen LogP) is 9.73. The standard InChI is InChI=1S/C40H57NO5/c1-5-6-7-8-9-10-11-12-13-14-15-16-17-18-19-28-37(42)41(2)34(30-44-3)31-46-40(43)39(45-4)38-35-26-22-20-24-32(35)29-33-25-21-23-27-36(33)38/h17-18,20-27,29,34,39H,5-16,19,28,30-31H2,1-4H3/b18-17+/t34-,39+/m0/s1. The molecule has 1 amide bonds. The Kier molecular flexibility index (Phi) is 17.4. The van der Waals surface area contributed by atoms with E-state index in [4.69, 9.17) is 14.2 Å². The zero-order valence-electron chi connectivity index (χ0n) is 28.8. The van der Waals surface area contributed by atoms with Gasteiger partial charge in [0.25, 0.3) is 0 Å². The van der Waals surface area contributed by atoms with Gasteiger partial charge < -0.3 is 19.1 Å². The minimum absolute atomic E-state index is 0.000724. The zero-order chi connectivity index (χ0) is 33.0. The number of allylic oxidation sites excluding steroid dienone is 2. The molecule has 0 aliphatic heterocycles. The summed E-state index contributed by atoms with van der Waals surface area (Å²) in [6.45, 7) is 2.55. The summed E-state index contributed by atoms with van der Waals surface area (Å²) < 4.78 is 17.0. The molecule has 0 spiro atoms. The monoisotopic (exact) mass is 631 g/mol. The van der Waals surface area contributed by atoms with Crippen molar-refractivity contribution in [1.29, 1.82) is 0 Å². The van der Waals surface area contributed by atoms with Crippen LogP contribution in [0.1, 0.15) is 108 Å². The first-order valence-corrected chi connectivity index (χ1v) is 17.5. The molecule has 0 bridgehead atoms. The van der Waals surface area contributed by atoms with E-state index < -0.39 is 18.1 Å². The van der Waals surface area contributed by atoms with E-state index in [1.165, 1.54) is 77.7 Å². The normalized spacial score (nSPS) is 13.0. The number of amides is 1. The summed E-state index contributed by atoms with van der Waals surface area (Å²) in [5.41, 5.74) is 0.786. The van der Waals surface area contributed by atoms with Crippen LogP contribution in [0.3, 0.4) is 0 Å². The number of esters is 1. The van der Waals surface area contributed by atoms with Crippen LogP contribution in [0.5, 0.6) is 0 Å². The Hall–Kier alpha value is -3.22. The maximum absolute atomic E-state index is 13.5. The number of unbranched alkanes of at least 4 members (excludes halogenated alkanes) is 11. The van der Waals surface area contributed by atoms with Gasteiger partial charge in [-0.15, -0.1) is 0 Å². The van der Waals surface area contributed by atoms with Crippen molar-refractivity contribution in [3.05, 3.63) is 72.3 Å². The Morgan fingerprint density at radius 1 is 0.739 bits per heavy atom. The molecule has 3 aromatic carbocycles. The largest absolute Gasteiger partial charge is 0.461 e. The molecule has 0 aliphatic rings. The molecule has 0 aromatic heterocycles. The lowest BCUT2D eigenvalue weighted by molar-refractivity contribution is -0.159. The van der Waals surface area contributed by atoms with Crippen molar-refractivity contribution in [3.63, 3.8) is 0 Å². The molecular weight excluding hydrogens is 574 g/mol. The molecule has 0 unspecified atom stereocenters. The van der Waals surface area contributed by atoms with E-state index in [1.807, 2.05) is 48.5 Å². The van der Waals surface area contributed by atoms with Crippen molar-refractivity contribution in [2.75, 3.05) is 34.5 Å². The average molecular weight is 632 g/mol. The highest BCUT2D eigenvalue weighted by molar-refractivity contribution is 6.05. The molecule has 2 atom stereocenters. The molecule has 3 aromatic rings. The van der Waals surface area contributed by atoms with Gasteiger partial charge in [-0.25, -0.2) is 4.79 Å². The number of fused-ring (bicyclic) bond motifs is 2. The Bertz CT molecular complexity index is 1300. The van der Waals surface area contributed by atoms with Gasteiger partial charge in [0.05, 0.1) is 12.6 Å². The summed E-state index contributed by atoms with van der Waals surface area (Å²) in [5.74, 6) is -0.489. The molecule has 6 nitrogen and oxygen atoms in total. The fourth-order valence-electron chi connectivity index (χ4n) is 6.13.